The Labute approximate surface area is 152 Å². The van der Waals surface area contributed by atoms with Crippen molar-refractivity contribution in [2.24, 2.45) is 13.0 Å². The van der Waals surface area contributed by atoms with Crippen LogP contribution in [0.15, 0.2) is 16.9 Å². The van der Waals surface area contributed by atoms with Gasteiger partial charge in [0.05, 0.1) is 17.1 Å². The molecule has 2 amide bonds. The first-order valence-electron chi connectivity index (χ1n) is 8.50. The van der Waals surface area contributed by atoms with Crippen molar-refractivity contribution in [3.8, 4) is 0 Å². The van der Waals surface area contributed by atoms with E-state index in [0.29, 0.717) is 11.2 Å². The number of nitrogens with one attached hydrogen (secondary N) is 1. The Bertz CT molecular complexity index is 1050. The minimum atomic E-state index is -0.980. The molecule has 1 aromatic carbocycles. The summed E-state index contributed by atoms with van der Waals surface area (Å²) in [7, 11) is 1.48. The number of carboxylic acid groups (broad SMARTS) is 1. The van der Waals surface area contributed by atoms with Crippen LogP contribution in [0.3, 0.4) is 0 Å². The highest BCUT2D eigenvalue weighted by molar-refractivity contribution is 6.00. The molecule has 2 aromatic rings. The molecule has 1 unspecified atom stereocenters. The molecule has 0 bridgehead atoms. The van der Waals surface area contributed by atoms with Crippen molar-refractivity contribution >= 4 is 34.5 Å². The second-order valence-electron chi connectivity index (χ2n) is 6.88. The van der Waals surface area contributed by atoms with Crippen molar-refractivity contribution < 1.29 is 23.9 Å². The van der Waals surface area contributed by atoms with Gasteiger partial charge in [-0.2, -0.15) is 0 Å². The highest BCUT2D eigenvalue weighted by Crippen LogP contribution is 2.34. The number of aliphatic carboxylic acids is 1. The van der Waals surface area contributed by atoms with Crippen LogP contribution >= 0.6 is 0 Å². The molecular formula is C17H17FN4O5. The van der Waals surface area contributed by atoms with Crippen molar-refractivity contribution in [2.45, 2.75) is 18.9 Å². The minimum Gasteiger partial charge on any atom is -0.481 e. The molecule has 1 aromatic heterocycles. The summed E-state index contributed by atoms with van der Waals surface area (Å²) in [5.74, 6) is -3.14. The molecular weight excluding hydrogens is 359 g/mol. The zero-order valence-electron chi connectivity index (χ0n) is 14.4. The number of aromatic nitrogens is 2. The van der Waals surface area contributed by atoms with Gasteiger partial charge in [0.15, 0.2) is 0 Å². The lowest BCUT2D eigenvalue weighted by Crippen LogP contribution is -2.50. The second-order valence-corrected chi connectivity index (χ2v) is 6.88. The number of rotatable bonds is 3. The van der Waals surface area contributed by atoms with Gasteiger partial charge < -0.3 is 10.0 Å². The predicted octanol–water partition coefficient (Wildman–Crippen LogP) is -0.0224. The number of aryl methyl sites for hydroxylation is 1. The number of benzene rings is 1. The van der Waals surface area contributed by atoms with Gasteiger partial charge >= 0.3 is 11.7 Å². The maximum atomic E-state index is 14.7. The number of hydrogen-bond donors (Lipinski definition) is 2. The minimum absolute atomic E-state index is 0.0201. The van der Waals surface area contributed by atoms with Gasteiger partial charge in [-0.25, -0.2) is 9.18 Å². The molecule has 10 heteroatoms. The first kappa shape index (κ1) is 17.3. The number of amides is 2. The first-order chi connectivity index (χ1) is 12.8. The first-order valence-corrected chi connectivity index (χ1v) is 8.50. The monoisotopic (exact) mass is 376 g/mol. The average Bonchev–Trinajstić information content (AvgIpc) is 2.81. The van der Waals surface area contributed by atoms with Gasteiger partial charge in [0, 0.05) is 26.6 Å². The summed E-state index contributed by atoms with van der Waals surface area (Å²) in [6.45, 7) is 0.516. The Morgan fingerprint density at radius 2 is 1.93 bits per heavy atom. The molecule has 2 fully saturated rings. The molecule has 2 N–H and O–H groups in total. The summed E-state index contributed by atoms with van der Waals surface area (Å²) in [5.41, 5.74) is 0.248. The van der Waals surface area contributed by atoms with Crippen LogP contribution in [-0.4, -0.2) is 45.1 Å². The normalized spacial score (nSPS) is 20.7. The van der Waals surface area contributed by atoms with Gasteiger partial charge in [-0.05, 0) is 18.6 Å². The van der Waals surface area contributed by atoms with Crippen LogP contribution in [0.5, 0.6) is 0 Å². The van der Waals surface area contributed by atoms with E-state index < -0.39 is 41.3 Å². The third-order valence-electron chi connectivity index (χ3n) is 5.24. The molecule has 1 atom stereocenters. The number of imide groups is 1. The van der Waals surface area contributed by atoms with Crippen LogP contribution in [-0.2, 0) is 21.4 Å². The molecule has 0 radical (unpaired) electrons. The smallest absolute Gasteiger partial charge is 0.329 e. The van der Waals surface area contributed by atoms with E-state index in [1.54, 1.807) is 4.90 Å². The van der Waals surface area contributed by atoms with E-state index in [1.807, 2.05) is 0 Å². The van der Waals surface area contributed by atoms with Gasteiger partial charge in [-0.1, -0.05) is 0 Å². The maximum absolute atomic E-state index is 14.7. The highest BCUT2D eigenvalue weighted by atomic mass is 19.1. The average molecular weight is 376 g/mol. The molecule has 142 valence electrons. The van der Waals surface area contributed by atoms with Crippen LogP contribution < -0.4 is 15.9 Å². The number of anilines is 1. The Morgan fingerprint density at radius 3 is 2.56 bits per heavy atom. The SMILES string of the molecule is Cn1c(=O)n(C2CCC(=O)NC2=O)c2c(F)ccc(N3CC(C(=O)O)C3)c21. The lowest BCUT2D eigenvalue weighted by atomic mass is 9.99. The Kier molecular flexibility index (Phi) is 3.79. The molecule has 4 rings (SSSR count). The molecule has 0 saturated carbocycles. The van der Waals surface area contributed by atoms with Crippen molar-refractivity contribution in [1.82, 2.24) is 14.5 Å². The van der Waals surface area contributed by atoms with Gasteiger partial charge in [0.1, 0.15) is 17.4 Å². The van der Waals surface area contributed by atoms with Crippen LogP contribution in [0.2, 0.25) is 0 Å². The molecule has 3 heterocycles. The lowest BCUT2D eigenvalue weighted by molar-refractivity contribution is -0.142. The van der Waals surface area contributed by atoms with Crippen LogP contribution in [0.4, 0.5) is 10.1 Å². The number of hydrogen-bond acceptors (Lipinski definition) is 5. The van der Waals surface area contributed by atoms with Crippen molar-refractivity contribution in [3.05, 3.63) is 28.4 Å². The summed E-state index contributed by atoms with van der Waals surface area (Å²) in [6.07, 6.45) is 0.172. The van der Waals surface area contributed by atoms with E-state index in [-0.39, 0.29) is 31.4 Å². The fraction of sp³-hybridized carbons (Fsp3) is 0.412. The van der Waals surface area contributed by atoms with Crippen molar-refractivity contribution in [2.75, 3.05) is 18.0 Å². The van der Waals surface area contributed by atoms with E-state index >= 15 is 0 Å². The number of carbonyl (C=O) groups is 3. The van der Waals surface area contributed by atoms with Gasteiger partial charge in [-0.15, -0.1) is 0 Å². The zero-order valence-corrected chi connectivity index (χ0v) is 14.4. The van der Waals surface area contributed by atoms with Gasteiger partial charge in [0.25, 0.3) is 0 Å². The lowest BCUT2D eigenvalue weighted by Gasteiger charge is -2.39. The Balaban J connectivity index is 1.85. The van der Waals surface area contributed by atoms with Crippen LogP contribution in [0.1, 0.15) is 18.9 Å². The number of halogens is 1. The number of carboxylic acids is 1. The second kappa shape index (κ2) is 5.93. The summed E-state index contributed by atoms with van der Waals surface area (Å²) in [5, 5.41) is 11.2. The van der Waals surface area contributed by atoms with Crippen molar-refractivity contribution in [1.29, 1.82) is 0 Å². The Hall–Kier alpha value is -3.17. The number of carbonyl (C=O) groups excluding carboxylic acids is 2. The summed E-state index contributed by atoms with van der Waals surface area (Å²) in [6, 6.07) is 1.73. The molecule has 2 saturated heterocycles. The Morgan fingerprint density at radius 1 is 1.22 bits per heavy atom. The molecule has 0 aliphatic carbocycles. The number of nitrogens with zero attached hydrogens (tertiary/aromatic N) is 3. The highest BCUT2D eigenvalue weighted by Gasteiger charge is 2.36. The summed E-state index contributed by atoms with van der Waals surface area (Å²) >= 11 is 0. The van der Waals surface area contributed by atoms with Crippen LogP contribution in [0, 0.1) is 11.7 Å². The van der Waals surface area contributed by atoms with Crippen LogP contribution in [0.25, 0.3) is 11.0 Å². The van der Waals surface area contributed by atoms with Gasteiger partial charge in [0.2, 0.25) is 11.8 Å². The predicted molar refractivity (Wildman–Crippen MR) is 91.9 cm³/mol. The molecule has 0 spiro atoms. The summed E-state index contributed by atoms with van der Waals surface area (Å²) in [4.78, 5) is 49.2. The van der Waals surface area contributed by atoms with Gasteiger partial charge in [-0.3, -0.25) is 28.8 Å². The van der Waals surface area contributed by atoms with E-state index in [4.69, 9.17) is 5.11 Å². The van der Waals surface area contributed by atoms with E-state index in [9.17, 15) is 23.6 Å². The third kappa shape index (κ3) is 2.51. The largest absolute Gasteiger partial charge is 0.481 e. The fourth-order valence-electron chi connectivity index (χ4n) is 3.76. The number of imidazole rings is 1. The molecule has 2 aliphatic heterocycles. The van der Waals surface area contributed by atoms with Crippen molar-refractivity contribution in [3.63, 3.8) is 0 Å². The molecule has 2 aliphatic rings. The van der Waals surface area contributed by atoms with E-state index in [2.05, 4.69) is 5.32 Å². The standard InChI is InChI=1S/C17H17FN4O5/c1-20-14-10(21-6-8(7-21)16(25)26)3-2-9(18)13(14)22(17(20)27)11-4-5-12(23)19-15(11)24/h2-3,8,11H,4-7H2,1H3,(H,25,26)(H,19,23,24). The maximum Gasteiger partial charge on any atom is 0.329 e. The number of piperidine rings is 1. The molecule has 27 heavy (non-hydrogen) atoms. The topological polar surface area (TPSA) is 114 Å². The third-order valence-corrected chi connectivity index (χ3v) is 5.24. The van der Waals surface area contributed by atoms with E-state index in [1.165, 1.54) is 23.7 Å². The quantitative estimate of drug-likeness (QED) is 0.728. The number of fused-ring (bicyclic) bond motifs is 1. The summed E-state index contributed by atoms with van der Waals surface area (Å²) < 4.78 is 17.0. The molecule has 9 nitrogen and oxygen atoms in total. The fourth-order valence-corrected chi connectivity index (χ4v) is 3.76. The zero-order chi connectivity index (χ0) is 19.5. The van der Waals surface area contributed by atoms with E-state index in [0.717, 1.165) is 4.57 Å².